The Hall–Kier alpha value is -2.33. The summed E-state index contributed by atoms with van der Waals surface area (Å²) in [5, 5.41) is 9.72. The molecule has 3 rings (SSSR count). The van der Waals surface area contributed by atoms with Crippen molar-refractivity contribution in [2.75, 3.05) is 13.1 Å². The Balaban J connectivity index is 1.58. The zero-order valence-electron chi connectivity index (χ0n) is 14.6. The number of carbonyl (C=O) groups is 1. The first-order chi connectivity index (χ1) is 12.1. The van der Waals surface area contributed by atoms with Crippen LogP contribution in [0.25, 0.3) is 0 Å². The van der Waals surface area contributed by atoms with Crippen LogP contribution in [0.5, 0.6) is 5.75 Å². The highest BCUT2D eigenvalue weighted by atomic mass is 16.5. The topological polar surface area (TPSA) is 49.8 Å². The third-order valence-electron chi connectivity index (χ3n) is 4.49. The fourth-order valence-electron chi connectivity index (χ4n) is 3.18. The molecular formula is C21H25NO3. The Kier molecular flexibility index (Phi) is 5.71. The number of nitrogens with zero attached hydrogens (tertiary/aromatic N) is 1. The molecule has 0 bridgehead atoms. The largest absolute Gasteiger partial charge is 0.489 e. The number of amides is 1. The van der Waals surface area contributed by atoms with Crippen LogP contribution in [0.3, 0.4) is 0 Å². The lowest BCUT2D eigenvalue weighted by Gasteiger charge is -2.30. The van der Waals surface area contributed by atoms with Crippen LogP contribution in [0.2, 0.25) is 0 Å². The van der Waals surface area contributed by atoms with Crippen molar-refractivity contribution in [1.82, 2.24) is 4.90 Å². The second-order valence-electron chi connectivity index (χ2n) is 6.74. The highest BCUT2D eigenvalue weighted by Crippen LogP contribution is 2.18. The Morgan fingerprint density at radius 3 is 2.80 bits per heavy atom. The van der Waals surface area contributed by atoms with E-state index in [0.717, 1.165) is 36.3 Å². The van der Waals surface area contributed by atoms with Crippen molar-refractivity contribution >= 4 is 5.91 Å². The average Bonchev–Trinajstić information content (AvgIpc) is 2.60. The summed E-state index contributed by atoms with van der Waals surface area (Å²) in [6.45, 7) is 3.76. The number of aliphatic hydroxyl groups excluding tert-OH is 1. The monoisotopic (exact) mass is 339 g/mol. The molecule has 2 aromatic carbocycles. The van der Waals surface area contributed by atoms with Gasteiger partial charge in [0.1, 0.15) is 12.4 Å². The normalized spacial score (nSPS) is 17.4. The summed E-state index contributed by atoms with van der Waals surface area (Å²) in [6, 6.07) is 15.9. The molecule has 1 amide bonds. The van der Waals surface area contributed by atoms with E-state index in [1.165, 1.54) is 5.56 Å². The van der Waals surface area contributed by atoms with Gasteiger partial charge in [-0.15, -0.1) is 0 Å². The highest BCUT2D eigenvalue weighted by Gasteiger charge is 2.22. The predicted octanol–water partition coefficient (Wildman–Crippen LogP) is 3.10. The van der Waals surface area contributed by atoms with Crippen LogP contribution in [-0.2, 0) is 17.8 Å². The van der Waals surface area contributed by atoms with Crippen LogP contribution in [0.1, 0.15) is 29.5 Å². The average molecular weight is 339 g/mol. The molecule has 2 aromatic rings. The van der Waals surface area contributed by atoms with Gasteiger partial charge in [-0.25, -0.2) is 0 Å². The zero-order valence-corrected chi connectivity index (χ0v) is 14.6. The Bertz CT molecular complexity index is 729. The van der Waals surface area contributed by atoms with Gasteiger partial charge >= 0.3 is 0 Å². The first-order valence-electron chi connectivity index (χ1n) is 8.83. The molecule has 4 nitrogen and oxygen atoms in total. The summed E-state index contributed by atoms with van der Waals surface area (Å²) in [5.41, 5.74) is 3.28. The lowest BCUT2D eigenvalue weighted by Crippen LogP contribution is -2.42. The molecule has 1 fully saturated rings. The lowest BCUT2D eigenvalue weighted by atomic mass is 10.1. The molecule has 4 heteroatoms. The van der Waals surface area contributed by atoms with Crippen LogP contribution in [0.15, 0.2) is 48.5 Å². The SMILES string of the molecule is Cc1cccc(COc2cccc(CC(=O)N3CCCC(O)C3)c2)c1. The smallest absolute Gasteiger partial charge is 0.227 e. The second-order valence-corrected chi connectivity index (χ2v) is 6.74. The number of benzene rings is 2. The molecule has 1 saturated heterocycles. The first kappa shape index (κ1) is 17.5. The van der Waals surface area contributed by atoms with Gasteiger partial charge in [0.2, 0.25) is 5.91 Å². The van der Waals surface area contributed by atoms with Crippen molar-refractivity contribution in [3.05, 3.63) is 65.2 Å². The fourth-order valence-corrected chi connectivity index (χ4v) is 3.18. The third-order valence-corrected chi connectivity index (χ3v) is 4.49. The van der Waals surface area contributed by atoms with Crippen molar-refractivity contribution in [1.29, 1.82) is 0 Å². The van der Waals surface area contributed by atoms with E-state index in [9.17, 15) is 9.90 Å². The van der Waals surface area contributed by atoms with Crippen LogP contribution < -0.4 is 4.74 Å². The molecule has 25 heavy (non-hydrogen) atoms. The van der Waals surface area contributed by atoms with Crippen molar-refractivity contribution in [3.63, 3.8) is 0 Å². The van der Waals surface area contributed by atoms with Crippen molar-refractivity contribution in [2.45, 2.75) is 38.9 Å². The molecule has 1 atom stereocenters. The van der Waals surface area contributed by atoms with E-state index in [4.69, 9.17) is 4.74 Å². The van der Waals surface area contributed by atoms with E-state index >= 15 is 0 Å². The van der Waals surface area contributed by atoms with Gasteiger partial charge in [-0.2, -0.15) is 0 Å². The molecule has 0 aliphatic carbocycles. The van der Waals surface area contributed by atoms with Crippen LogP contribution >= 0.6 is 0 Å². The number of hydrogen-bond acceptors (Lipinski definition) is 3. The standard InChI is InChI=1S/C21H25NO3/c1-16-5-2-7-18(11-16)15-25-20-9-3-6-17(12-20)13-21(24)22-10-4-8-19(23)14-22/h2-3,5-7,9,11-12,19,23H,4,8,10,13-15H2,1H3. The van der Waals surface area contributed by atoms with Gasteiger partial charge in [-0.3, -0.25) is 4.79 Å². The van der Waals surface area contributed by atoms with Gasteiger partial charge in [-0.05, 0) is 43.0 Å². The number of aryl methyl sites for hydroxylation is 1. The molecule has 1 heterocycles. The van der Waals surface area contributed by atoms with Crippen LogP contribution in [0.4, 0.5) is 0 Å². The summed E-state index contributed by atoms with van der Waals surface area (Å²) in [6.07, 6.45) is 1.61. The fraction of sp³-hybridized carbons (Fsp3) is 0.381. The number of hydrogen-bond donors (Lipinski definition) is 1. The molecule has 0 radical (unpaired) electrons. The molecule has 132 valence electrons. The summed E-state index contributed by atoms with van der Waals surface area (Å²) in [5.74, 6) is 0.833. The van der Waals surface area contributed by atoms with Crippen molar-refractivity contribution in [2.24, 2.45) is 0 Å². The number of ether oxygens (including phenoxy) is 1. The van der Waals surface area contributed by atoms with Gasteiger partial charge < -0.3 is 14.7 Å². The van der Waals surface area contributed by atoms with Crippen molar-refractivity contribution < 1.29 is 14.6 Å². The Morgan fingerprint density at radius 1 is 1.20 bits per heavy atom. The maximum atomic E-state index is 12.4. The lowest BCUT2D eigenvalue weighted by molar-refractivity contribution is -0.133. The minimum absolute atomic E-state index is 0.0644. The number of rotatable bonds is 5. The zero-order chi connectivity index (χ0) is 17.6. The highest BCUT2D eigenvalue weighted by molar-refractivity contribution is 5.79. The van der Waals surface area contributed by atoms with E-state index in [0.29, 0.717) is 19.6 Å². The molecule has 0 aromatic heterocycles. The van der Waals surface area contributed by atoms with Gasteiger partial charge in [0, 0.05) is 13.1 Å². The number of likely N-dealkylation sites (tertiary alicyclic amines) is 1. The molecule has 1 aliphatic rings. The molecule has 0 spiro atoms. The predicted molar refractivity (Wildman–Crippen MR) is 97.5 cm³/mol. The molecule has 1 aliphatic heterocycles. The molecule has 1 unspecified atom stereocenters. The van der Waals surface area contributed by atoms with Gasteiger partial charge in [0.15, 0.2) is 0 Å². The summed E-state index contributed by atoms with van der Waals surface area (Å²) >= 11 is 0. The molecular weight excluding hydrogens is 314 g/mol. The number of carbonyl (C=O) groups excluding carboxylic acids is 1. The van der Waals surface area contributed by atoms with Gasteiger partial charge in [-0.1, -0.05) is 42.0 Å². The minimum atomic E-state index is -0.387. The molecule has 1 N–H and O–H groups in total. The maximum absolute atomic E-state index is 12.4. The quantitative estimate of drug-likeness (QED) is 0.911. The minimum Gasteiger partial charge on any atom is -0.489 e. The first-order valence-corrected chi connectivity index (χ1v) is 8.83. The van der Waals surface area contributed by atoms with Gasteiger partial charge in [0.05, 0.1) is 12.5 Å². The second kappa shape index (κ2) is 8.17. The maximum Gasteiger partial charge on any atom is 0.227 e. The number of aliphatic hydroxyl groups is 1. The van der Waals surface area contributed by atoms with Gasteiger partial charge in [0.25, 0.3) is 0 Å². The third kappa shape index (κ3) is 5.07. The molecule has 0 saturated carbocycles. The van der Waals surface area contributed by atoms with E-state index in [1.54, 1.807) is 4.90 Å². The van der Waals surface area contributed by atoms with E-state index in [2.05, 4.69) is 19.1 Å². The van der Waals surface area contributed by atoms with Crippen LogP contribution in [-0.4, -0.2) is 35.1 Å². The van der Waals surface area contributed by atoms with Crippen molar-refractivity contribution in [3.8, 4) is 5.75 Å². The Labute approximate surface area is 149 Å². The van der Waals surface area contributed by atoms with E-state index < -0.39 is 0 Å². The summed E-state index contributed by atoms with van der Waals surface area (Å²) in [7, 11) is 0. The number of piperidine rings is 1. The van der Waals surface area contributed by atoms with E-state index in [1.807, 2.05) is 36.4 Å². The number of β-amino-alcohol motifs (C(OH)–C–C–N with tert-alkyl or cyclic N) is 1. The summed E-state index contributed by atoms with van der Waals surface area (Å²) in [4.78, 5) is 14.2. The Morgan fingerprint density at radius 2 is 2.00 bits per heavy atom. The summed E-state index contributed by atoms with van der Waals surface area (Å²) < 4.78 is 5.87. The van der Waals surface area contributed by atoms with E-state index in [-0.39, 0.29) is 12.0 Å². The van der Waals surface area contributed by atoms with Crippen LogP contribution in [0, 0.1) is 6.92 Å².